The molecule has 0 aliphatic heterocycles. The highest BCUT2D eigenvalue weighted by Crippen LogP contribution is 2.10. The van der Waals surface area contributed by atoms with Gasteiger partial charge in [0.05, 0.1) is 6.61 Å². The Bertz CT molecular complexity index is 542. The molecule has 1 atom stereocenters. The van der Waals surface area contributed by atoms with Crippen LogP contribution in [0.5, 0.6) is 0 Å². The van der Waals surface area contributed by atoms with E-state index >= 15 is 0 Å². The highest BCUT2D eigenvalue weighted by atomic mass is 16.5. The first-order valence-electron chi connectivity index (χ1n) is 6.91. The lowest BCUT2D eigenvalue weighted by atomic mass is 10.0. The van der Waals surface area contributed by atoms with E-state index in [1.54, 1.807) is 12.1 Å². The Labute approximate surface area is 124 Å². The van der Waals surface area contributed by atoms with Crippen LogP contribution in [0.3, 0.4) is 0 Å². The standard InChI is InChI=1S/C17H19NO3/c19-12-15(11-14-7-3-1-4-8-14)13-21-17(20)18-16-9-5-2-6-10-16/h1-10,15,19H,11-13H2,(H,18,20). The van der Waals surface area contributed by atoms with Crippen LogP contribution in [0.2, 0.25) is 0 Å². The molecule has 0 fully saturated rings. The number of nitrogens with one attached hydrogen (secondary N) is 1. The van der Waals surface area contributed by atoms with Gasteiger partial charge in [-0.05, 0) is 24.1 Å². The van der Waals surface area contributed by atoms with Crippen LogP contribution in [0.25, 0.3) is 0 Å². The molecule has 0 saturated heterocycles. The fraction of sp³-hybridized carbons (Fsp3) is 0.235. The number of aliphatic hydroxyl groups excluding tert-OH is 1. The van der Waals surface area contributed by atoms with E-state index in [9.17, 15) is 9.90 Å². The summed E-state index contributed by atoms with van der Waals surface area (Å²) in [5.74, 6) is -0.103. The van der Waals surface area contributed by atoms with Crippen molar-refractivity contribution in [3.05, 3.63) is 66.2 Å². The number of carbonyl (C=O) groups excluding carboxylic acids is 1. The molecule has 0 aromatic heterocycles. The molecule has 0 bridgehead atoms. The van der Waals surface area contributed by atoms with Crippen molar-refractivity contribution in [2.24, 2.45) is 5.92 Å². The fourth-order valence-electron chi connectivity index (χ4n) is 1.99. The quantitative estimate of drug-likeness (QED) is 0.857. The van der Waals surface area contributed by atoms with Crippen LogP contribution in [-0.2, 0) is 11.2 Å². The molecule has 2 aromatic rings. The number of hydrogen-bond donors (Lipinski definition) is 2. The van der Waals surface area contributed by atoms with Crippen molar-refractivity contribution in [3.63, 3.8) is 0 Å². The van der Waals surface area contributed by atoms with E-state index in [0.29, 0.717) is 12.1 Å². The predicted molar refractivity (Wildman–Crippen MR) is 82.1 cm³/mol. The molecule has 0 aliphatic rings. The van der Waals surface area contributed by atoms with E-state index in [1.165, 1.54) is 0 Å². The number of hydrogen-bond acceptors (Lipinski definition) is 3. The molecule has 0 saturated carbocycles. The van der Waals surface area contributed by atoms with E-state index in [4.69, 9.17) is 4.74 Å². The summed E-state index contributed by atoms with van der Waals surface area (Å²) in [6.45, 7) is 0.164. The lowest BCUT2D eigenvalue weighted by molar-refractivity contribution is 0.114. The van der Waals surface area contributed by atoms with Crippen molar-refractivity contribution in [1.82, 2.24) is 0 Å². The molecule has 2 N–H and O–H groups in total. The van der Waals surface area contributed by atoms with E-state index < -0.39 is 6.09 Å². The summed E-state index contributed by atoms with van der Waals surface area (Å²) in [5, 5.41) is 12.0. The third-order valence-electron chi connectivity index (χ3n) is 3.10. The van der Waals surface area contributed by atoms with Crippen LogP contribution in [0.15, 0.2) is 60.7 Å². The molecule has 4 heteroatoms. The van der Waals surface area contributed by atoms with Gasteiger partial charge in [0.2, 0.25) is 0 Å². The lowest BCUT2D eigenvalue weighted by Crippen LogP contribution is -2.22. The van der Waals surface area contributed by atoms with E-state index in [0.717, 1.165) is 5.56 Å². The molecule has 110 valence electrons. The van der Waals surface area contributed by atoms with Crippen molar-refractivity contribution in [2.75, 3.05) is 18.5 Å². The van der Waals surface area contributed by atoms with Gasteiger partial charge >= 0.3 is 6.09 Å². The molecular weight excluding hydrogens is 266 g/mol. The summed E-state index contributed by atoms with van der Waals surface area (Å²) in [7, 11) is 0. The number of benzene rings is 2. The number of carbonyl (C=O) groups is 1. The highest BCUT2D eigenvalue weighted by Gasteiger charge is 2.12. The van der Waals surface area contributed by atoms with Gasteiger partial charge in [-0.25, -0.2) is 4.79 Å². The van der Waals surface area contributed by atoms with Crippen LogP contribution in [0.1, 0.15) is 5.56 Å². The minimum absolute atomic E-state index is 0.0203. The zero-order valence-corrected chi connectivity index (χ0v) is 11.7. The molecular formula is C17H19NO3. The maximum absolute atomic E-state index is 11.7. The van der Waals surface area contributed by atoms with Gasteiger partial charge in [-0.3, -0.25) is 5.32 Å². The molecule has 0 radical (unpaired) electrons. The first-order valence-corrected chi connectivity index (χ1v) is 6.91. The summed E-state index contributed by atoms with van der Waals surface area (Å²) in [4.78, 5) is 11.7. The van der Waals surface area contributed by atoms with Gasteiger partial charge in [-0.1, -0.05) is 48.5 Å². The smallest absolute Gasteiger partial charge is 0.411 e. The Kier molecular flexibility index (Phi) is 5.79. The minimum atomic E-state index is -0.507. The van der Waals surface area contributed by atoms with Gasteiger partial charge in [0.1, 0.15) is 0 Å². The van der Waals surface area contributed by atoms with Gasteiger partial charge in [-0.2, -0.15) is 0 Å². The molecule has 0 aliphatic carbocycles. The first-order chi connectivity index (χ1) is 10.3. The number of aliphatic hydroxyl groups is 1. The van der Waals surface area contributed by atoms with Crippen LogP contribution < -0.4 is 5.32 Å². The van der Waals surface area contributed by atoms with Gasteiger partial charge in [0.25, 0.3) is 0 Å². The van der Waals surface area contributed by atoms with Crippen LogP contribution in [0, 0.1) is 5.92 Å². The lowest BCUT2D eigenvalue weighted by Gasteiger charge is -2.15. The summed E-state index contributed by atoms with van der Waals surface area (Å²) < 4.78 is 5.16. The Morgan fingerprint density at radius 1 is 1.05 bits per heavy atom. The second-order valence-corrected chi connectivity index (χ2v) is 4.83. The van der Waals surface area contributed by atoms with Gasteiger partial charge in [0, 0.05) is 18.2 Å². The van der Waals surface area contributed by atoms with Crippen molar-refractivity contribution < 1.29 is 14.6 Å². The SMILES string of the molecule is O=C(Nc1ccccc1)OCC(CO)Cc1ccccc1. The molecule has 4 nitrogen and oxygen atoms in total. The Balaban J connectivity index is 1.79. The number of amides is 1. The second-order valence-electron chi connectivity index (χ2n) is 4.83. The highest BCUT2D eigenvalue weighted by molar-refractivity contribution is 5.84. The largest absolute Gasteiger partial charge is 0.449 e. The van der Waals surface area contributed by atoms with Gasteiger partial charge < -0.3 is 9.84 Å². The second kappa shape index (κ2) is 8.07. The number of para-hydroxylation sites is 1. The van der Waals surface area contributed by atoms with Gasteiger partial charge in [-0.15, -0.1) is 0 Å². The monoisotopic (exact) mass is 285 g/mol. The number of anilines is 1. The summed E-state index contributed by atoms with van der Waals surface area (Å²) in [5.41, 5.74) is 1.80. The molecule has 1 unspecified atom stereocenters. The summed E-state index contributed by atoms with van der Waals surface area (Å²) >= 11 is 0. The third-order valence-corrected chi connectivity index (χ3v) is 3.10. The minimum Gasteiger partial charge on any atom is -0.449 e. The van der Waals surface area contributed by atoms with Crippen molar-refractivity contribution in [3.8, 4) is 0 Å². The van der Waals surface area contributed by atoms with Gasteiger partial charge in [0.15, 0.2) is 0 Å². The summed E-state index contributed by atoms with van der Waals surface area (Å²) in [6, 6.07) is 18.9. The van der Waals surface area contributed by atoms with E-state index in [2.05, 4.69) is 5.32 Å². The van der Waals surface area contributed by atoms with Crippen molar-refractivity contribution in [2.45, 2.75) is 6.42 Å². The normalized spacial score (nSPS) is 11.7. The third kappa shape index (κ3) is 5.28. The Morgan fingerprint density at radius 3 is 2.29 bits per heavy atom. The number of rotatable bonds is 6. The molecule has 0 spiro atoms. The number of ether oxygens (including phenoxy) is 1. The molecule has 1 amide bonds. The molecule has 2 aromatic carbocycles. The van der Waals surface area contributed by atoms with Crippen LogP contribution >= 0.6 is 0 Å². The fourth-order valence-corrected chi connectivity index (χ4v) is 1.99. The van der Waals surface area contributed by atoms with Crippen LogP contribution in [-0.4, -0.2) is 24.4 Å². The maximum atomic E-state index is 11.7. The average Bonchev–Trinajstić information content (AvgIpc) is 2.53. The zero-order valence-electron chi connectivity index (χ0n) is 11.7. The first kappa shape index (κ1) is 15.1. The van der Waals surface area contributed by atoms with Crippen molar-refractivity contribution >= 4 is 11.8 Å². The van der Waals surface area contributed by atoms with E-state index in [-0.39, 0.29) is 19.1 Å². The predicted octanol–water partition coefficient (Wildman–Crippen LogP) is 3.09. The average molecular weight is 285 g/mol. The summed E-state index contributed by atoms with van der Waals surface area (Å²) in [6.07, 6.45) is 0.170. The topological polar surface area (TPSA) is 58.6 Å². The maximum Gasteiger partial charge on any atom is 0.411 e. The molecule has 2 rings (SSSR count). The zero-order chi connectivity index (χ0) is 14.9. The Hall–Kier alpha value is -2.33. The van der Waals surface area contributed by atoms with Crippen molar-refractivity contribution in [1.29, 1.82) is 0 Å². The molecule has 0 heterocycles. The molecule has 21 heavy (non-hydrogen) atoms. The van der Waals surface area contributed by atoms with Crippen LogP contribution in [0.4, 0.5) is 10.5 Å². The Morgan fingerprint density at radius 2 is 1.67 bits per heavy atom. The van der Waals surface area contributed by atoms with E-state index in [1.807, 2.05) is 48.5 Å².